The fourth-order valence-electron chi connectivity index (χ4n) is 3.85. The molecule has 27 heavy (non-hydrogen) atoms. The minimum atomic E-state index is -2.99. The van der Waals surface area contributed by atoms with E-state index in [2.05, 4.69) is 25.1 Å². The molecule has 4 heteroatoms. The number of ether oxygens (including phenoxy) is 1. The molecular formula is C23H38O3S. The maximum absolute atomic E-state index is 12.4. The number of sulfone groups is 1. The topological polar surface area (TPSA) is 43.4 Å². The van der Waals surface area contributed by atoms with Crippen molar-refractivity contribution >= 4 is 9.84 Å². The molecule has 0 radical (unpaired) electrons. The molecule has 3 nitrogen and oxygen atoms in total. The summed E-state index contributed by atoms with van der Waals surface area (Å²) in [4.78, 5) is 0. The molecule has 0 heterocycles. The van der Waals surface area contributed by atoms with E-state index in [0.29, 0.717) is 11.7 Å². The largest absolute Gasteiger partial charge is 0.494 e. The fourth-order valence-corrected chi connectivity index (χ4v) is 5.31. The van der Waals surface area contributed by atoms with Gasteiger partial charge in [-0.1, -0.05) is 38.3 Å². The number of rotatable bonds is 9. The zero-order valence-corrected chi connectivity index (χ0v) is 18.5. The molecule has 0 bridgehead atoms. The van der Waals surface area contributed by atoms with Gasteiger partial charge >= 0.3 is 0 Å². The lowest BCUT2D eigenvalue weighted by Gasteiger charge is -2.30. The predicted octanol–water partition coefficient (Wildman–Crippen LogP) is 5.82. The monoisotopic (exact) mass is 394 g/mol. The SMILES string of the molecule is CCCOc1cccc(CCCC2CCC(CS(=O)(=O)C(C)(C)C)CC2)c1. The highest BCUT2D eigenvalue weighted by Crippen LogP contribution is 2.34. The molecular weight excluding hydrogens is 356 g/mol. The van der Waals surface area contributed by atoms with Crippen LogP contribution in [0.4, 0.5) is 0 Å². The number of aryl methyl sites for hydroxylation is 1. The maximum atomic E-state index is 12.4. The molecule has 0 amide bonds. The molecule has 0 aliphatic heterocycles. The quantitative estimate of drug-likeness (QED) is 0.530. The van der Waals surface area contributed by atoms with Gasteiger partial charge < -0.3 is 4.74 Å². The van der Waals surface area contributed by atoms with Gasteiger partial charge in [-0.25, -0.2) is 8.42 Å². The van der Waals surface area contributed by atoms with Gasteiger partial charge in [-0.15, -0.1) is 0 Å². The van der Waals surface area contributed by atoms with Crippen LogP contribution in [0.15, 0.2) is 24.3 Å². The second-order valence-corrected chi connectivity index (χ2v) is 12.0. The van der Waals surface area contributed by atoms with Crippen molar-refractivity contribution in [2.24, 2.45) is 11.8 Å². The van der Waals surface area contributed by atoms with E-state index in [9.17, 15) is 8.42 Å². The van der Waals surface area contributed by atoms with Crippen molar-refractivity contribution in [1.82, 2.24) is 0 Å². The third-order valence-corrected chi connectivity index (χ3v) is 8.58. The molecule has 0 aromatic heterocycles. The van der Waals surface area contributed by atoms with Gasteiger partial charge in [0.1, 0.15) is 5.75 Å². The highest BCUT2D eigenvalue weighted by Gasteiger charge is 2.33. The molecule has 0 saturated heterocycles. The van der Waals surface area contributed by atoms with E-state index >= 15 is 0 Å². The van der Waals surface area contributed by atoms with E-state index < -0.39 is 14.6 Å². The van der Waals surface area contributed by atoms with Crippen molar-refractivity contribution in [1.29, 1.82) is 0 Å². The minimum absolute atomic E-state index is 0.359. The molecule has 1 aromatic carbocycles. The van der Waals surface area contributed by atoms with Crippen LogP contribution in [0.3, 0.4) is 0 Å². The molecule has 1 aromatic rings. The Morgan fingerprint density at radius 3 is 2.37 bits per heavy atom. The summed E-state index contributed by atoms with van der Waals surface area (Å²) in [6, 6.07) is 8.48. The van der Waals surface area contributed by atoms with Gasteiger partial charge in [0.15, 0.2) is 9.84 Å². The first-order chi connectivity index (χ1) is 12.7. The summed E-state index contributed by atoms with van der Waals surface area (Å²) in [7, 11) is -2.99. The van der Waals surface area contributed by atoms with Gasteiger partial charge in [0.2, 0.25) is 0 Å². The minimum Gasteiger partial charge on any atom is -0.494 e. The average molecular weight is 395 g/mol. The van der Waals surface area contributed by atoms with Gasteiger partial charge in [0, 0.05) is 0 Å². The Hall–Kier alpha value is -1.03. The smallest absolute Gasteiger partial charge is 0.155 e. The Kier molecular flexibility index (Phi) is 8.20. The first-order valence-corrected chi connectivity index (χ1v) is 12.3. The Morgan fingerprint density at radius 2 is 1.74 bits per heavy atom. The van der Waals surface area contributed by atoms with Gasteiger partial charge in [-0.3, -0.25) is 0 Å². The summed E-state index contributed by atoms with van der Waals surface area (Å²) in [5.74, 6) is 2.47. The Bertz CT molecular complexity index is 665. The summed E-state index contributed by atoms with van der Waals surface area (Å²) in [6.07, 6.45) is 9.09. The van der Waals surface area contributed by atoms with Gasteiger partial charge in [-0.2, -0.15) is 0 Å². The number of hydrogen-bond acceptors (Lipinski definition) is 3. The van der Waals surface area contributed by atoms with Crippen LogP contribution in [-0.4, -0.2) is 25.5 Å². The molecule has 1 fully saturated rings. The van der Waals surface area contributed by atoms with E-state index in [1.54, 1.807) is 0 Å². The summed E-state index contributed by atoms with van der Waals surface area (Å²) < 4.78 is 29.9. The molecule has 0 atom stereocenters. The zero-order chi connectivity index (χ0) is 19.9. The summed E-state index contributed by atoms with van der Waals surface area (Å²) >= 11 is 0. The van der Waals surface area contributed by atoms with Crippen molar-refractivity contribution < 1.29 is 13.2 Å². The van der Waals surface area contributed by atoms with Crippen molar-refractivity contribution in [3.05, 3.63) is 29.8 Å². The lowest BCUT2D eigenvalue weighted by molar-refractivity contribution is 0.274. The van der Waals surface area contributed by atoms with Crippen molar-refractivity contribution in [3.8, 4) is 5.75 Å². The summed E-state index contributed by atoms with van der Waals surface area (Å²) in [5.41, 5.74) is 1.36. The van der Waals surface area contributed by atoms with Gasteiger partial charge in [-0.05, 0) is 82.4 Å². The Labute approximate surface area is 166 Å². The Morgan fingerprint density at radius 1 is 1.07 bits per heavy atom. The second-order valence-electron chi connectivity index (χ2n) is 9.17. The van der Waals surface area contributed by atoms with Gasteiger partial charge in [0.05, 0.1) is 17.1 Å². The maximum Gasteiger partial charge on any atom is 0.155 e. The molecule has 154 valence electrons. The van der Waals surface area contributed by atoms with Crippen molar-refractivity contribution in [2.75, 3.05) is 12.4 Å². The van der Waals surface area contributed by atoms with Crippen LogP contribution in [0.5, 0.6) is 5.75 Å². The van der Waals surface area contributed by atoms with E-state index in [1.807, 2.05) is 26.8 Å². The summed E-state index contributed by atoms with van der Waals surface area (Å²) in [6.45, 7) is 8.34. The van der Waals surface area contributed by atoms with E-state index in [4.69, 9.17) is 4.74 Å². The van der Waals surface area contributed by atoms with Crippen molar-refractivity contribution in [3.63, 3.8) is 0 Å². The third-order valence-electron chi connectivity index (χ3n) is 5.80. The molecule has 0 unspecified atom stereocenters. The normalized spacial score (nSPS) is 21.2. The number of hydrogen-bond donors (Lipinski definition) is 0. The number of benzene rings is 1. The van der Waals surface area contributed by atoms with Crippen molar-refractivity contribution in [2.45, 2.75) is 83.8 Å². The van der Waals surface area contributed by atoms with Crippen LogP contribution >= 0.6 is 0 Å². The van der Waals surface area contributed by atoms with Crippen LogP contribution in [0, 0.1) is 11.8 Å². The van der Waals surface area contributed by atoms with Crippen LogP contribution in [0.25, 0.3) is 0 Å². The van der Waals surface area contributed by atoms with E-state index in [1.165, 1.54) is 31.2 Å². The van der Waals surface area contributed by atoms with Gasteiger partial charge in [0.25, 0.3) is 0 Å². The van der Waals surface area contributed by atoms with Crippen LogP contribution in [-0.2, 0) is 16.3 Å². The second kappa shape index (κ2) is 9.95. The first kappa shape index (κ1) is 22.3. The van der Waals surface area contributed by atoms with E-state index in [0.717, 1.165) is 44.0 Å². The molecule has 1 aliphatic rings. The highest BCUT2D eigenvalue weighted by molar-refractivity contribution is 7.92. The van der Waals surface area contributed by atoms with Crippen LogP contribution in [0.1, 0.15) is 78.2 Å². The molecule has 0 N–H and O–H groups in total. The lowest BCUT2D eigenvalue weighted by atomic mass is 9.80. The van der Waals surface area contributed by atoms with Crippen LogP contribution < -0.4 is 4.74 Å². The molecule has 0 spiro atoms. The highest BCUT2D eigenvalue weighted by atomic mass is 32.2. The lowest BCUT2D eigenvalue weighted by Crippen LogP contribution is -2.34. The molecule has 1 aliphatic carbocycles. The first-order valence-electron chi connectivity index (χ1n) is 10.7. The fraction of sp³-hybridized carbons (Fsp3) is 0.739. The average Bonchev–Trinajstić information content (AvgIpc) is 2.60. The van der Waals surface area contributed by atoms with Crippen LogP contribution in [0.2, 0.25) is 0 Å². The predicted molar refractivity (Wildman–Crippen MR) is 114 cm³/mol. The molecule has 1 saturated carbocycles. The third kappa shape index (κ3) is 7.14. The van der Waals surface area contributed by atoms with E-state index in [-0.39, 0.29) is 0 Å². The standard InChI is InChI=1S/C23H38O3S/c1-5-16-26-22-11-7-10-20(17-22)9-6-8-19-12-14-21(15-13-19)18-27(24,25)23(2,3)4/h7,10-11,17,19,21H,5-6,8-9,12-16,18H2,1-4H3. The summed E-state index contributed by atoms with van der Waals surface area (Å²) in [5, 5.41) is 0. The Balaban J connectivity index is 1.71. The zero-order valence-electron chi connectivity index (χ0n) is 17.7. The molecule has 2 rings (SSSR count).